The number of carbonyl (C=O) groups is 5. The van der Waals surface area contributed by atoms with Crippen molar-refractivity contribution in [3.8, 4) is 0 Å². The highest BCUT2D eigenvalue weighted by atomic mass is 16.8. The number of esters is 3. The van der Waals surface area contributed by atoms with Crippen LogP contribution in [0.3, 0.4) is 0 Å². The summed E-state index contributed by atoms with van der Waals surface area (Å²) >= 11 is 0. The lowest BCUT2D eigenvalue weighted by atomic mass is 9.33. The fraction of sp³-hybridized carbons (Fsp3) is 0.920. The lowest BCUT2D eigenvalue weighted by Crippen LogP contribution is -2.69. The Morgan fingerprint density at radius 3 is 1.74 bits per heavy atom. The summed E-state index contributed by atoms with van der Waals surface area (Å²) in [7, 11) is 0. The van der Waals surface area contributed by atoms with Gasteiger partial charge in [-0.3, -0.25) is 14.4 Å². The Kier molecular flexibility index (Phi) is 35.3. The monoisotopic (exact) mass is 1870 g/mol. The molecule has 11 rings (SSSR count). The van der Waals surface area contributed by atoms with Gasteiger partial charge < -0.3 is 188 Å². The highest BCUT2D eigenvalue weighted by Gasteiger charge is 2.73. The summed E-state index contributed by atoms with van der Waals surface area (Å²) in [5.41, 5.74) is -5.40. The molecule has 42 nitrogen and oxygen atoms in total. The van der Waals surface area contributed by atoms with Gasteiger partial charge in [-0.15, -0.1) is 0 Å². The summed E-state index contributed by atoms with van der Waals surface area (Å²) in [5.74, 6) is -10.4. The Morgan fingerprint density at radius 2 is 1.13 bits per heavy atom. The van der Waals surface area contributed by atoms with Crippen LogP contribution in [-0.2, 0) is 99.8 Å². The highest BCUT2D eigenvalue weighted by Crippen LogP contribution is 2.76. The van der Waals surface area contributed by atoms with E-state index in [1.165, 1.54) is 13.8 Å². The van der Waals surface area contributed by atoms with Crippen molar-refractivity contribution in [3.63, 3.8) is 0 Å². The maximum Gasteiger partial charge on any atom is 0.364 e. The molecule has 6 aliphatic heterocycles. The summed E-state index contributed by atoms with van der Waals surface area (Å²) < 4.78 is 96.3. The predicted molar refractivity (Wildman–Crippen MR) is 438 cm³/mol. The van der Waals surface area contributed by atoms with Crippen LogP contribution in [0.2, 0.25) is 0 Å². The summed E-state index contributed by atoms with van der Waals surface area (Å²) in [6.07, 6.45) is -54.1. The maximum atomic E-state index is 16.2. The molecule has 45 atom stereocenters. The molecule has 5 aliphatic carbocycles. The molecule has 0 radical (unpaired) electrons. The van der Waals surface area contributed by atoms with Crippen molar-refractivity contribution in [1.29, 1.82) is 0 Å². The zero-order valence-corrected chi connectivity index (χ0v) is 75.9. The third-order valence-corrected chi connectivity index (χ3v) is 31.2. The van der Waals surface area contributed by atoms with Gasteiger partial charge in [-0.25, -0.2) is 4.79 Å². The van der Waals surface area contributed by atoms with Crippen LogP contribution >= 0.6 is 0 Å². The van der Waals surface area contributed by atoms with Crippen LogP contribution in [0.1, 0.15) is 186 Å². The number of rotatable bonds is 37. The van der Waals surface area contributed by atoms with Crippen LogP contribution in [0, 0.1) is 62.1 Å². The fourth-order valence-corrected chi connectivity index (χ4v) is 22.6. The van der Waals surface area contributed by atoms with Crippen LogP contribution in [0.15, 0.2) is 11.6 Å². The molecular formula is C88H144O42. The van der Waals surface area contributed by atoms with Gasteiger partial charge in [0.15, 0.2) is 43.7 Å². The molecule has 11 aliphatic rings. The lowest BCUT2D eigenvalue weighted by Gasteiger charge is -2.71. The van der Waals surface area contributed by atoms with E-state index < -0.39 is 334 Å². The number of hydrogen-bond donors (Lipinski definition) is 21. The molecule has 0 aromatic rings. The topological polar surface area (TPSA) is 658 Å². The molecular weight excluding hydrogens is 1730 g/mol. The van der Waals surface area contributed by atoms with E-state index >= 15 is 4.79 Å². The Balaban J connectivity index is 0.835. The number of aliphatic hydroxyl groups excluding tert-OH is 19. The van der Waals surface area contributed by atoms with Gasteiger partial charge in [0.1, 0.15) is 122 Å². The average Bonchev–Trinajstić information content (AvgIpc) is 0.670. The molecule has 0 spiro atoms. The van der Waals surface area contributed by atoms with E-state index in [-0.39, 0.29) is 63.8 Å². The first-order valence-electron chi connectivity index (χ1n) is 45.8. The van der Waals surface area contributed by atoms with Crippen LogP contribution in [0.25, 0.3) is 0 Å². The summed E-state index contributed by atoms with van der Waals surface area (Å²) in [5, 5.41) is 232. The van der Waals surface area contributed by atoms with Gasteiger partial charge in [-0.2, -0.15) is 0 Å². The molecule has 20 unspecified atom stereocenters. The first-order valence-corrected chi connectivity index (χ1v) is 45.8. The molecule has 0 amide bonds. The first kappa shape index (κ1) is 106. The molecule has 6 heterocycles. The minimum atomic E-state index is -3.21. The number of aldehydes is 1. The number of aliphatic carboxylic acids is 1. The molecule has 6 saturated heterocycles. The maximum absolute atomic E-state index is 16.2. The SMILES string of the molecule is CC[C@H](C)[C@H](C[C@H](O)CC(=O)O[C@@H](C[C@H](O)CC(=O)O[C@@H]1C(C)O[C@@H](OC(=O)[C@]23CCC(C)(C)CC2C2=CCC4[C@@]5(C)CC[C@H](O[C@@H]6OC(O)(C(=O)O)CC(O[C@@H]7OC[C@@H](O)C(O)C7O)C6O[C@@H]6OC(CO)[C@H](O)C(O)C6O)[C@@](C)(C=O)C5CC[C@@]4(C)[C@]2(C)C[C@H]3O)C(O[C@@H]2OC(C)[C@H](O[C@H]3OCC(O)[C@H](O)C3O)C(O)C2O)C1O)[C@@H](C)CC)OCC(O)[C@H](CO)OCCO. The smallest absolute Gasteiger partial charge is 0.364 e. The van der Waals surface area contributed by atoms with Crippen LogP contribution in [-0.4, -0.2) is 398 Å². The minimum absolute atomic E-state index is 0.0323. The van der Waals surface area contributed by atoms with E-state index in [0.29, 0.717) is 51.4 Å². The number of aliphatic hydroxyl groups is 20. The van der Waals surface area contributed by atoms with E-state index in [4.69, 9.17) is 75.8 Å². The van der Waals surface area contributed by atoms with Crippen molar-refractivity contribution in [2.24, 2.45) is 62.1 Å². The molecule has 0 aromatic heterocycles. The second-order valence-electron chi connectivity index (χ2n) is 40.1. The van der Waals surface area contributed by atoms with Crippen molar-refractivity contribution in [2.75, 3.05) is 46.2 Å². The Morgan fingerprint density at radius 1 is 0.562 bits per heavy atom. The molecule has 21 N–H and O–H groups in total. The summed E-state index contributed by atoms with van der Waals surface area (Å²) in [6.45, 7) is 18.7. The Labute approximate surface area is 754 Å². The second kappa shape index (κ2) is 43.2. The van der Waals surface area contributed by atoms with Gasteiger partial charge >= 0.3 is 23.9 Å². The molecule has 10 fully saturated rings. The zero-order chi connectivity index (χ0) is 95.9. The van der Waals surface area contributed by atoms with Gasteiger partial charge in [0.25, 0.3) is 5.79 Å². The van der Waals surface area contributed by atoms with Crippen molar-refractivity contribution >= 4 is 30.2 Å². The second-order valence-corrected chi connectivity index (χ2v) is 40.1. The summed E-state index contributed by atoms with van der Waals surface area (Å²) in [4.78, 5) is 71.7. The van der Waals surface area contributed by atoms with Gasteiger partial charge in [-0.05, 0) is 123 Å². The van der Waals surface area contributed by atoms with Crippen LogP contribution < -0.4 is 0 Å². The van der Waals surface area contributed by atoms with E-state index in [0.717, 1.165) is 11.9 Å². The van der Waals surface area contributed by atoms with Crippen molar-refractivity contribution in [1.82, 2.24) is 0 Å². The minimum Gasteiger partial charge on any atom is -0.477 e. The van der Waals surface area contributed by atoms with Crippen LogP contribution in [0.4, 0.5) is 0 Å². The van der Waals surface area contributed by atoms with Crippen LogP contribution in [0.5, 0.6) is 0 Å². The van der Waals surface area contributed by atoms with Gasteiger partial charge in [0.2, 0.25) is 6.29 Å². The number of carbonyl (C=O) groups excluding carboxylic acids is 4. The number of allylic oxidation sites excluding steroid dienone is 2. The van der Waals surface area contributed by atoms with Crippen molar-refractivity contribution < 1.29 is 207 Å². The first-order chi connectivity index (χ1) is 61.0. The Bertz CT molecular complexity index is 3750. The third-order valence-electron chi connectivity index (χ3n) is 31.2. The molecule has 0 bridgehead atoms. The van der Waals surface area contributed by atoms with E-state index in [9.17, 15) is 126 Å². The molecule has 748 valence electrons. The molecule has 42 heteroatoms. The number of carboxylic acids is 1. The van der Waals surface area contributed by atoms with E-state index in [1.54, 1.807) is 20.8 Å². The third kappa shape index (κ3) is 21.5. The highest BCUT2D eigenvalue weighted by molar-refractivity contribution is 5.80. The van der Waals surface area contributed by atoms with Crippen molar-refractivity contribution in [3.05, 3.63) is 11.6 Å². The number of hydrogen-bond acceptors (Lipinski definition) is 41. The van der Waals surface area contributed by atoms with Crippen molar-refractivity contribution in [2.45, 2.75) is 400 Å². The van der Waals surface area contributed by atoms with E-state index in [2.05, 4.69) is 26.8 Å². The van der Waals surface area contributed by atoms with Gasteiger partial charge in [-0.1, -0.05) is 93.7 Å². The predicted octanol–water partition coefficient (Wildman–Crippen LogP) is -3.51. The molecule has 130 heavy (non-hydrogen) atoms. The zero-order valence-electron chi connectivity index (χ0n) is 75.9. The standard InChI is InChI=1S/C88H144O42/c1-13-38(3)49(116-34-46(95)52(32-90)115-24-23-89)25-42(93)27-58(99)121-50(39(4)14-2)26-43(94)28-59(100)125-71-41(6)120-78(73(69(71)110)128-76-68(109)64(105)70(40(5)119-76)126-75-66(107)61(102)48(97)36-118-75)129-81(113)87-22-21-82(7,8)29-45(87)44-15-16-55-83(9)19-18-57(84(10,37-92)54(83)17-20-85(55,11)86(44,12)31-56(87)98)124-79-72(127-77-67(108)63(104)62(103)53(33-91)123-77)51(30-88(114,130-79)80(111)112)122-74-65(106)60(101)47(96)35-117-74/h15,37-43,45-57,60-79,89-91,93-98,101-110,114H,13-14,16-36H2,1-12H3,(H,111,112)/t38-,39-,40?,41?,42-,43-,45?,46?,47+,48?,49-,50-,51?,52-,53?,54?,55?,56+,57-,60?,61-,62-,63?,64?,65?,66?,67?,68?,69?,70-,71+,72?,73?,74-,75+,76-,77-,78-,79+,83-,84-,85+,86+,87+,88?/m0/s1. The normalized spacial score (nSPS) is 45.7. The quantitative estimate of drug-likeness (QED) is 0.00943. The van der Waals surface area contributed by atoms with Gasteiger partial charge in [0, 0.05) is 19.3 Å². The largest absolute Gasteiger partial charge is 0.477 e. The molecule has 4 saturated carbocycles. The van der Waals surface area contributed by atoms with Gasteiger partial charge in [0.05, 0.1) is 113 Å². The Hall–Kier alpha value is -4.03. The summed E-state index contributed by atoms with van der Waals surface area (Å²) in [6, 6.07) is 0. The molecule has 0 aromatic carbocycles. The number of carboxylic acid groups (broad SMARTS) is 1. The number of ether oxygens (including phenoxy) is 16. The average molecular weight is 1870 g/mol. The number of fused-ring (bicyclic) bond motifs is 7. The lowest BCUT2D eigenvalue weighted by molar-refractivity contribution is -0.410. The fourth-order valence-electron chi connectivity index (χ4n) is 22.6. The van der Waals surface area contributed by atoms with E-state index in [1.807, 2.05) is 27.7 Å².